The largest absolute Gasteiger partial charge is 0.497 e. The Labute approximate surface area is 185 Å². The van der Waals surface area contributed by atoms with E-state index in [0.717, 1.165) is 46.9 Å². The second kappa shape index (κ2) is 8.37. The van der Waals surface area contributed by atoms with Gasteiger partial charge in [0.1, 0.15) is 11.4 Å². The van der Waals surface area contributed by atoms with Crippen molar-refractivity contribution in [1.82, 2.24) is 29.5 Å². The number of aryl methyl sites for hydroxylation is 1. The summed E-state index contributed by atoms with van der Waals surface area (Å²) >= 11 is 0. The van der Waals surface area contributed by atoms with Crippen molar-refractivity contribution in [3.63, 3.8) is 0 Å². The number of fused-ring (bicyclic) bond motifs is 1. The summed E-state index contributed by atoms with van der Waals surface area (Å²) in [6, 6.07) is 11.9. The lowest BCUT2D eigenvalue weighted by Gasteiger charge is -2.31. The molecule has 8 heteroatoms. The smallest absolute Gasteiger partial charge is 0.274 e. The molecule has 0 saturated carbocycles. The molecule has 5 rings (SSSR count). The van der Waals surface area contributed by atoms with Gasteiger partial charge in [-0.05, 0) is 49.6 Å². The van der Waals surface area contributed by atoms with Gasteiger partial charge in [0.15, 0.2) is 11.5 Å². The zero-order valence-corrected chi connectivity index (χ0v) is 18.1. The van der Waals surface area contributed by atoms with Gasteiger partial charge < -0.3 is 9.64 Å². The highest BCUT2D eigenvalue weighted by Crippen LogP contribution is 2.28. The summed E-state index contributed by atoms with van der Waals surface area (Å²) < 4.78 is 7.15. The number of likely N-dealkylation sites (tertiary alicyclic amines) is 1. The molecule has 1 aliphatic rings. The number of amides is 1. The Kier molecular flexibility index (Phi) is 5.26. The lowest BCUT2D eigenvalue weighted by molar-refractivity contribution is 0.0698. The minimum Gasteiger partial charge on any atom is -0.497 e. The first-order chi connectivity index (χ1) is 15.6. The Bertz CT molecular complexity index is 1270. The van der Waals surface area contributed by atoms with Gasteiger partial charge >= 0.3 is 0 Å². The van der Waals surface area contributed by atoms with Gasteiger partial charge in [0.05, 0.1) is 19.0 Å². The Morgan fingerprint density at radius 1 is 1.12 bits per heavy atom. The van der Waals surface area contributed by atoms with Gasteiger partial charge in [0, 0.05) is 37.0 Å². The summed E-state index contributed by atoms with van der Waals surface area (Å²) in [5.74, 6) is 1.57. The second-order valence-corrected chi connectivity index (χ2v) is 8.06. The zero-order chi connectivity index (χ0) is 22.1. The zero-order valence-electron chi connectivity index (χ0n) is 18.1. The Balaban J connectivity index is 1.38. The highest BCUT2D eigenvalue weighted by atomic mass is 16.5. The third kappa shape index (κ3) is 3.91. The van der Waals surface area contributed by atoms with E-state index in [4.69, 9.17) is 14.8 Å². The van der Waals surface area contributed by atoms with Crippen molar-refractivity contribution in [3.8, 4) is 16.9 Å². The average molecular weight is 428 g/mol. The van der Waals surface area contributed by atoms with Crippen molar-refractivity contribution in [2.45, 2.75) is 25.7 Å². The van der Waals surface area contributed by atoms with Crippen LogP contribution in [0.4, 0.5) is 0 Å². The van der Waals surface area contributed by atoms with Gasteiger partial charge in [0.2, 0.25) is 0 Å². The normalized spacial score (nSPS) is 16.3. The van der Waals surface area contributed by atoms with E-state index in [-0.39, 0.29) is 11.8 Å². The van der Waals surface area contributed by atoms with Crippen molar-refractivity contribution in [3.05, 3.63) is 72.2 Å². The van der Waals surface area contributed by atoms with E-state index in [1.807, 2.05) is 58.9 Å². The lowest BCUT2D eigenvalue weighted by Crippen LogP contribution is -2.39. The highest BCUT2D eigenvalue weighted by Gasteiger charge is 2.28. The van der Waals surface area contributed by atoms with Crippen LogP contribution >= 0.6 is 0 Å². The fourth-order valence-electron chi connectivity index (χ4n) is 4.08. The molecule has 1 fully saturated rings. The van der Waals surface area contributed by atoms with Crippen LogP contribution < -0.4 is 4.74 Å². The topological polar surface area (TPSA) is 85.5 Å². The Hall–Kier alpha value is -3.81. The molecule has 0 N–H and O–H groups in total. The van der Waals surface area contributed by atoms with E-state index in [1.54, 1.807) is 19.5 Å². The van der Waals surface area contributed by atoms with Crippen molar-refractivity contribution in [1.29, 1.82) is 0 Å². The number of ether oxygens (including phenoxy) is 1. The SMILES string of the molecule is COc1cccc(-c2ccc3nc([C@H]4CCCN(C(=O)c5cnc(C)cn5)C4)nn3c2)c1. The van der Waals surface area contributed by atoms with Crippen LogP contribution in [0.25, 0.3) is 16.8 Å². The van der Waals surface area contributed by atoms with Crippen LogP contribution in [-0.2, 0) is 0 Å². The van der Waals surface area contributed by atoms with Crippen LogP contribution in [-0.4, -0.2) is 55.6 Å². The first-order valence-electron chi connectivity index (χ1n) is 10.7. The molecule has 1 amide bonds. The lowest BCUT2D eigenvalue weighted by atomic mass is 9.97. The van der Waals surface area contributed by atoms with Gasteiger partial charge in [-0.15, -0.1) is 0 Å². The van der Waals surface area contributed by atoms with Gasteiger partial charge in [-0.1, -0.05) is 12.1 Å². The highest BCUT2D eigenvalue weighted by molar-refractivity contribution is 5.92. The summed E-state index contributed by atoms with van der Waals surface area (Å²) in [7, 11) is 1.66. The fourth-order valence-corrected chi connectivity index (χ4v) is 4.08. The summed E-state index contributed by atoms with van der Waals surface area (Å²) in [5.41, 5.74) is 4.05. The van der Waals surface area contributed by atoms with Gasteiger partial charge in [-0.3, -0.25) is 9.78 Å². The molecule has 1 aliphatic heterocycles. The summed E-state index contributed by atoms with van der Waals surface area (Å²) in [6.45, 7) is 3.14. The van der Waals surface area contributed by atoms with Crippen molar-refractivity contribution >= 4 is 11.6 Å². The number of hydrogen-bond acceptors (Lipinski definition) is 6. The summed E-state index contributed by atoms with van der Waals surface area (Å²) in [5, 5.41) is 4.75. The quantitative estimate of drug-likeness (QED) is 0.494. The Morgan fingerprint density at radius 2 is 2.03 bits per heavy atom. The van der Waals surface area contributed by atoms with Gasteiger partial charge in [-0.25, -0.2) is 14.5 Å². The predicted octanol–water partition coefficient (Wildman–Crippen LogP) is 3.52. The molecule has 162 valence electrons. The number of benzene rings is 1. The van der Waals surface area contributed by atoms with Crippen molar-refractivity contribution in [2.24, 2.45) is 0 Å². The van der Waals surface area contributed by atoms with Gasteiger partial charge in [0.25, 0.3) is 5.91 Å². The van der Waals surface area contributed by atoms with Crippen molar-refractivity contribution in [2.75, 3.05) is 20.2 Å². The number of carbonyl (C=O) groups is 1. The molecule has 1 aromatic carbocycles. The monoisotopic (exact) mass is 428 g/mol. The molecule has 0 radical (unpaired) electrons. The van der Waals surface area contributed by atoms with Crippen LogP contribution in [0.3, 0.4) is 0 Å². The maximum absolute atomic E-state index is 12.9. The molecular formula is C24H24N6O2. The van der Waals surface area contributed by atoms with Crippen LogP contribution in [0.15, 0.2) is 55.0 Å². The van der Waals surface area contributed by atoms with Crippen LogP contribution in [0.2, 0.25) is 0 Å². The van der Waals surface area contributed by atoms with Crippen LogP contribution in [0.5, 0.6) is 5.75 Å². The standard InChI is InChI=1S/C24H24N6O2/c1-16-12-26-21(13-25-16)24(31)29-10-4-6-19(14-29)23-27-22-9-8-18(15-30(22)28-23)17-5-3-7-20(11-17)32-2/h3,5,7-9,11-13,15,19H,4,6,10,14H2,1-2H3/t19-/m0/s1. The minimum absolute atomic E-state index is 0.0891. The number of methoxy groups -OCH3 is 1. The van der Waals surface area contributed by atoms with E-state index in [0.29, 0.717) is 18.8 Å². The molecule has 3 aromatic heterocycles. The molecule has 4 aromatic rings. The Morgan fingerprint density at radius 3 is 2.84 bits per heavy atom. The molecule has 1 atom stereocenters. The maximum atomic E-state index is 12.9. The summed E-state index contributed by atoms with van der Waals surface area (Å²) in [4.78, 5) is 27.9. The first-order valence-corrected chi connectivity index (χ1v) is 10.7. The number of carbonyl (C=O) groups excluding carboxylic acids is 1. The third-order valence-corrected chi connectivity index (χ3v) is 5.82. The number of rotatable bonds is 4. The maximum Gasteiger partial charge on any atom is 0.274 e. The molecule has 8 nitrogen and oxygen atoms in total. The van der Waals surface area contributed by atoms with E-state index in [2.05, 4.69) is 9.97 Å². The first kappa shape index (κ1) is 20.1. The molecule has 1 saturated heterocycles. The second-order valence-electron chi connectivity index (χ2n) is 8.06. The number of aromatic nitrogens is 5. The number of piperidine rings is 1. The van der Waals surface area contributed by atoms with E-state index >= 15 is 0 Å². The van der Waals surface area contributed by atoms with E-state index in [9.17, 15) is 4.79 Å². The van der Waals surface area contributed by atoms with Gasteiger partial charge in [-0.2, -0.15) is 5.10 Å². The fraction of sp³-hybridized carbons (Fsp3) is 0.292. The van der Waals surface area contributed by atoms with E-state index in [1.165, 1.54) is 0 Å². The molecule has 0 unspecified atom stereocenters. The van der Waals surface area contributed by atoms with Crippen LogP contribution in [0.1, 0.15) is 40.8 Å². The minimum atomic E-state index is -0.0914. The van der Waals surface area contributed by atoms with Crippen LogP contribution in [0, 0.1) is 6.92 Å². The summed E-state index contributed by atoms with van der Waals surface area (Å²) in [6.07, 6.45) is 7.00. The predicted molar refractivity (Wildman–Crippen MR) is 120 cm³/mol. The average Bonchev–Trinajstić information content (AvgIpc) is 3.28. The third-order valence-electron chi connectivity index (χ3n) is 5.82. The number of hydrogen-bond donors (Lipinski definition) is 0. The van der Waals surface area contributed by atoms with Crippen molar-refractivity contribution < 1.29 is 9.53 Å². The van der Waals surface area contributed by atoms with E-state index < -0.39 is 0 Å². The molecular weight excluding hydrogens is 404 g/mol. The molecule has 0 bridgehead atoms. The molecule has 0 spiro atoms. The molecule has 4 heterocycles. The molecule has 0 aliphatic carbocycles. The number of pyridine rings is 1. The number of nitrogens with zero attached hydrogens (tertiary/aromatic N) is 6. The molecule has 32 heavy (non-hydrogen) atoms.